The fraction of sp³-hybridized carbons (Fsp3) is 0.412. The lowest BCUT2D eigenvalue weighted by atomic mass is 10.1. The average molecular weight is 388 g/mol. The van der Waals surface area contributed by atoms with Crippen molar-refractivity contribution in [3.63, 3.8) is 0 Å². The van der Waals surface area contributed by atoms with Gasteiger partial charge in [0.25, 0.3) is 0 Å². The Morgan fingerprint density at radius 3 is 3.19 bits per heavy atom. The molecule has 0 bridgehead atoms. The van der Waals surface area contributed by atoms with E-state index in [2.05, 4.69) is 30.8 Å². The third-order valence-corrected chi connectivity index (χ3v) is 4.93. The van der Waals surface area contributed by atoms with E-state index in [1.54, 1.807) is 11.7 Å². The topological polar surface area (TPSA) is 114 Å². The molecule has 0 radical (unpaired) electrons. The van der Waals surface area contributed by atoms with Crippen molar-refractivity contribution in [2.45, 2.75) is 38.5 Å². The summed E-state index contributed by atoms with van der Waals surface area (Å²) in [5.74, 6) is 1.36. The highest BCUT2D eigenvalue weighted by atomic mass is 32.1. The number of pyridine rings is 1. The fourth-order valence-electron chi connectivity index (χ4n) is 2.89. The van der Waals surface area contributed by atoms with Crippen LogP contribution in [0.15, 0.2) is 23.8 Å². The molecule has 0 aliphatic carbocycles. The molecule has 3 aromatic rings. The molecule has 9 nitrogen and oxygen atoms in total. The molecule has 0 unspecified atom stereocenters. The summed E-state index contributed by atoms with van der Waals surface area (Å²) in [6, 6.07) is 3.78. The number of hydrogen-bond donors (Lipinski definition) is 3. The Morgan fingerprint density at radius 2 is 2.33 bits per heavy atom. The van der Waals surface area contributed by atoms with E-state index in [0.29, 0.717) is 24.7 Å². The molecule has 3 N–H and O–H groups in total. The minimum atomic E-state index is -0.421. The monoisotopic (exact) mass is 388 g/mol. The Balaban J connectivity index is 1.38. The minimum Gasteiger partial charge on any atom is -0.444 e. The van der Waals surface area contributed by atoms with Crippen molar-refractivity contribution in [2.24, 2.45) is 0 Å². The van der Waals surface area contributed by atoms with E-state index in [1.165, 1.54) is 11.3 Å². The van der Waals surface area contributed by atoms with E-state index in [1.807, 2.05) is 26.0 Å². The van der Waals surface area contributed by atoms with Crippen LogP contribution in [0.3, 0.4) is 0 Å². The number of alkyl carbamates (subject to hydrolysis) is 1. The zero-order valence-electron chi connectivity index (χ0n) is 14.9. The molecule has 0 aromatic carbocycles. The second-order valence-corrected chi connectivity index (χ2v) is 7.43. The highest BCUT2D eigenvalue weighted by molar-refractivity contribution is 7.17. The zero-order chi connectivity index (χ0) is 18.8. The molecule has 27 heavy (non-hydrogen) atoms. The Morgan fingerprint density at radius 1 is 1.44 bits per heavy atom. The predicted molar refractivity (Wildman–Crippen MR) is 101 cm³/mol. The fourth-order valence-corrected chi connectivity index (χ4v) is 3.61. The van der Waals surface area contributed by atoms with Gasteiger partial charge in [-0.15, -0.1) is 11.3 Å². The first-order valence-corrected chi connectivity index (χ1v) is 9.55. The first kappa shape index (κ1) is 17.7. The number of nitrogens with one attached hydrogen (secondary N) is 3. The highest BCUT2D eigenvalue weighted by Crippen LogP contribution is 2.32. The first-order chi connectivity index (χ1) is 13.1. The van der Waals surface area contributed by atoms with Crippen molar-refractivity contribution in [3.8, 4) is 0 Å². The summed E-state index contributed by atoms with van der Waals surface area (Å²) in [5.41, 5.74) is 3.51. The van der Waals surface area contributed by atoms with Crippen molar-refractivity contribution in [1.82, 2.24) is 25.5 Å². The SMILES string of the molecule is CC(C)NC(=O)O[C@H]1CO[C@@H](c2cc(Nc3nccc4ncsc34)n[nH]2)C1. The Labute approximate surface area is 159 Å². The second kappa shape index (κ2) is 7.49. The molecule has 1 aliphatic heterocycles. The van der Waals surface area contributed by atoms with Gasteiger partial charge in [0.05, 0.1) is 28.0 Å². The maximum Gasteiger partial charge on any atom is 0.407 e. The van der Waals surface area contributed by atoms with Crippen molar-refractivity contribution in [2.75, 3.05) is 11.9 Å². The Hall–Kier alpha value is -2.72. The second-order valence-electron chi connectivity index (χ2n) is 6.58. The van der Waals surface area contributed by atoms with Crippen molar-refractivity contribution >= 4 is 39.3 Å². The normalized spacial score (nSPS) is 19.5. The average Bonchev–Trinajstić information content (AvgIpc) is 3.33. The molecule has 142 valence electrons. The van der Waals surface area contributed by atoms with Crippen LogP contribution in [-0.2, 0) is 9.47 Å². The molecule has 4 rings (SSSR count). The van der Waals surface area contributed by atoms with E-state index in [-0.39, 0.29) is 18.2 Å². The molecular formula is C17H20N6O3S. The number of fused-ring (bicyclic) bond motifs is 1. The first-order valence-electron chi connectivity index (χ1n) is 8.68. The number of ether oxygens (including phenoxy) is 2. The van der Waals surface area contributed by atoms with Crippen LogP contribution >= 0.6 is 11.3 Å². The van der Waals surface area contributed by atoms with Crippen molar-refractivity contribution in [3.05, 3.63) is 29.5 Å². The number of carbonyl (C=O) groups excluding carboxylic acids is 1. The summed E-state index contributed by atoms with van der Waals surface area (Å²) in [6.07, 6.45) is 1.39. The number of amides is 1. The number of thiazole rings is 1. The molecule has 1 aliphatic rings. The maximum atomic E-state index is 11.7. The van der Waals surface area contributed by atoms with Gasteiger partial charge >= 0.3 is 6.09 Å². The standard InChI is InChI=1S/C17H20N6O3S/c1-9(2)20-17(24)26-10-5-13(25-7-10)12-6-14(23-22-12)21-16-15-11(3-4-18-16)19-8-27-15/h3-4,6,8-10,13H,5,7H2,1-2H3,(H,20,24)(H2,18,21,22,23)/t10-,13-/m1/s1. The summed E-state index contributed by atoms with van der Waals surface area (Å²) in [7, 11) is 0. The number of carbonyl (C=O) groups is 1. The number of hydrogen-bond acceptors (Lipinski definition) is 8. The van der Waals surface area contributed by atoms with Crippen LogP contribution in [0.1, 0.15) is 32.1 Å². The van der Waals surface area contributed by atoms with Crippen molar-refractivity contribution < 1.29 is 14.3 Å². The van der Waals surface area contributed by atoms with Gasteiger partial charge < -0.3 is 20.1 Å². The van der Waals surface area contributed by atoms with Gasteiger partial charge in [0.15, 0.2) is 11.6 Å². The van der Waals surface area contributed by atoms with Crippen LogP contribution < -0.4 is 10.6 Å². The summed E-state index contributed by atoms with van der Waals surface area (Å²) in [5, 5.41) is 13.2. The van der Waals surface area contributed by atoms with E-state index >= 15 is 0 Å². The van der Waals surface area contributed by atoms with E-state index < -0.39 is 6.09 Å². The molecule has 1 saturated heterocycles. The molecular weight excluding hydrogens is 368 g/mol. The molecule has 0 spiro atoms. The largest absolute Gasteiger partial charge is 0.444 e. The summed E-state index contributed by atoms with van der Waals surface area (Å²) < 4.78 is 12.1. The van der Waals surface area contributed by atoms with Gasteiger partial charge in [-0.05, 0) is 19.9 Å². The van der Waals surface area contributed by atoms with Crippen LogP contribution in [0.4, 0.5) is 16.4 Å². The van der Waals surface area contributed by atoms with Gasteiger partial charge in [-0.25, -0.2) is 14.8 Å². The van der Waals surface area contributed by atoms with Gasteiger partial charge in [0.2, 0.25) is 0 Å². The van der Waals surface area contributed by atoms with Crippen LogP contribution in [0, 0.1) is 0 Å². The lowest BCUT2D eigenvalue weighted by molar-refractivity contribution is 0.0682. The molecule has 3 aromatic heterocycles. The molecule has 10 heteroatoms. The smallest absolute Gasteiger partial charge is 0.407 e. The lowest BCUT2D eigenvalue weighted by Crippen LogP contribution is -2.33. The van der Waals surface area contributed by atoms with Gasteiger partial charge in [-0.2, -0.15) is 5.10 Å². The van der Waals surface area contributed by atoms with Crippen LogP contribution in [0.2, 0.25) is 0 Å². The van der Waals surface area contributed by atoms with E-state index in [4.69, 9.17) is 9.47 Å². The summed E-state index contributed by atoms with van der Waals surface area (Å²) >= 11 is 1.52. The summed E-state index contributed by atoms with van der Waals surface area (Å²) in [6.45, 7) is 4.13. The third kappa shape index (κ3) is 4.01. The number of nitrogens with zero attached hydrogens (tertiary/aromatic N) is 3. The number of rotatable bonds is 5. The quantitative estimate of drug-likeness (QED) is 0.615. The highest BCUT2D eigenvalue weighted by Gasteiger charge is 2.31. The van der Waals surface area contributed by atoms with Crippen LogP contribution in [0.25, 0.3) is 10.2 Å². The van der Waals surface area contributed by atoms with Gasteiger partial charge in [-0.1, -0.05) is 0 Å². The van der Waals surface area contributed by atoms with Crippen LogP contribution in [-0.4, -0.2) is 45.0 Å². The van der Waals surface area contributed by atoms with E-state index in [9.17, 15) is 4.79 Å². The molecule has 4 heterocycles. The molecule has 0 saturated carbocycles. The minimum absolute atomic E-state index is 0.0356. The van der Waals surface area contributed by atoms with Gasteiger partial charge in [0.1, 0.15) is 12.2 Å². The predicted octanol–water partition coefficient (Wildman–Crippen LogP) is 3.12. The number of anilines is 2. The van der Waals surface area contributed by atoms with Crippen LogP contribution in [0.5, 0.6) is 0 Å². The molecule has 2 atom stereocenters. The number of aromatic amines is 1. The maximum absolute atomic E-state index is 11.7. The zero-order valence-corrected chi connectivity index (χ0v) is 15.7. The number of aromatic nitrogens is 4. The number of H-pyrrole nitrogens is 1. The van der Waals surface area contributed by atoms with Crippen molar-refractivity contribution in [1.29, 1.82) is 0 Å². The Bertz CT molecular complexity index is 940. The van der Waals surface area contributed by atoms with Gasteiger partial charge in [0, 0.05) is 24.7 Å². The Kier molecular flexibility index (Phi) is 4.90. The molecule has 1 fully saturated rings. The lowest BCUT2D eigenvalue weighted by Gasteiger charge is -2.13. The van der Waals surface area contributed by atoms with Gasteiger partial charge in [-0.3, -0.25) is 5.10 Å². The summed E-state index contributed by atoms with van der Waals surface area (Å²) in [4.78, 5) is 20.4. The third-order valence-electron chi connectivity index (χ3n) is 4.08. The molecule has 1 amide bonds. The van der Waals surface area contributed by atoms with E-state index in [0.717, 1.165) is 15.9 Å².